The maximum atomic E-state index is 11.4. The predicted octanol–water partition coefficient (Wildman–Crippen LogP) is 3.49. The third-order valence-corrected chi connectivity index (χ3v) is 5.60. The van der Waals surface area contributed by atoms with Crippen LogP contribution >= 0.6 is 0 Å². The van der Waals surface area contributed by atoms with Gasteiger partial charge in [0.2, 0.25) is 5.75 Å². The van der Waals surface area contributed by atoms with E-state index < -0.39 is 22.9 Å². The number of phenolic OH excluding ortho intramolecular Hbond substituents is 1. The Labute approximate surface area is 175 Å². The molecule has 4 N–H and O–H groups in total. The van der Waals surface area contributed by atoms with Gasteiger partial charge in [0.15, 0.2) is 6.23 Å². The number of aliphatic hydroxyl groups excluding tert-OH is 1. The van der Waals surface area contributed by atoms with Gasteiger partial charge in [0, 0.05) is 6.07 Å². The molecule has 2 aromatic rings. The highest BCUT2D eigenvalue weighted by atomic mass is 16.6. The second-order valence-electron chi connectivity index (χ2n) is 7.97. The third kappa shape index (κ3) is 4.07. The van der Waals surface area contributed by atoms with Crippen LogP contribution in [0.3, 0.4) is 0 Å². The average Bonchev–Trinajstić information content (AvgIpc) is 3.01. The van der Waals surface area contributed by atoms with Crippen molar-refractivity contribution in [3.63, 3.8) is 0 Å². The molecule has 0 amide bonds. The van der Waals surface area contributed by atoms with Crippen molar-refractivity contribution in [3.8, 4) is 5.75 Å². The van der Waals surface area contributed by atoms with Gasteiger partial charge in [-0.15, -0.1) is 0 Å². The van der Waals surface area contributed by atoms with Crippen LogP contribution in [0.2, 0.25) is 0 Å². The van der Waals surface area contributed by atoms with E-state index in [-0.39, 0.29) is 16.8 Å². The number of hydrazine groups is 1. The molecule has 0 fully saturated rings. The van der Waals surface area contributed by atoms with Crippen LogP contribution in [-0.2, 0) is 5.41 Å². The van der Waals surface area contributed by atoms with Crippen molar-refractivity contribution in [2.24, 2.45) is 5.10 Å². The molecule has 0 saturated heterocycles. The number of anilines is 2. The molecular weight excluding hydrogens is 386 g/mol. The minimum atomic E-state index is -0.993. The third-order valence-electron chi connectivity index (χ3n) is 5.60. The van der Waals surface area contributed by atoms with Gasteiger partial charge in [0.1, 0.15) is 6.04 Å². The summed E-state index contributed by atoms with van der Waals surface area (Å²) < 4.78 is 0. The van der Waals surface area contributed by atoms with Crippen molar-refractivity contribution in [2.45, 2.75) is 51.8 Å². The van der Waals surface area contributed by atoms with Crippen molar-refractivity contribution in [1.29, 1.82) is 0 Å². The van der Waals surface area contributed by atoms with E-state index in [1.165, 1.54) is 11.1 Å². The summed E-state index contributed by atoms with van der Waals surface area (Å²) in [6.45, 7) is 7.73. The van der Waals surface area contributed by atoms with Gasteiger partial charge in [-0.2, -0.15) is 5.10 Å². The molecule has 0 aromatic heterocycles. The number of para-hydroxylation sites is 1. The van der Waals surface area contributed by atoms with Gasteiger partial charge in [-0.25, -0.2) is 10.4 Å². The summed E-state index contributed by atoms with van der Waals surface area (Å²) in [6, 6.07) is 11.7. The number of aromatic hydroxyl groups is 1. The maximum Gasteiger partial charge on any atom is 0.313 e. The van der Waals surface area contributed by atoms with Crippen LogP contribution in [0.5, 0.6) is 5.75 Å². The molecule has 9 heteroatoms. The second-order valence-corrected chi connectivity index (χ2v) is 7.97. The highest BCUT2D eigenvalue weighted by Crippen LogP contribution is 2.39. The number of hydrogen-bond acceptors (Lipinski definition) is 8. The Morgan fingerprint density at radius 1 is 1.27 bits per heavy atom. The normalized spacial score (nSPS) is 19.0. The number of rotatable bonds is 7. The molecule has 1 aliphatic rings. The first-order chi connectivity index (χ1) is 14.2. The fraction of sp³-hybridized carbons (Fsp3) is 0.381. The maximum absolute atomic E-state index is 11.4. The van der Waals surface area contributed by atoms with Gasteiger partial charge >= 0.3 is 5.69 Å². The van der Waals surface area contributed by atoms with Crippen LogP contribution in [0.1, 0.15) is 39.7 Å². The smallest absolute Gasteiger partial charge is 0.313 e. The zero-order valence-corrected chi connectivity index (χ0v) is 17.5. The number of phenols is 1. The second kappa shape index (κ2) is 8.29. The van der Waals surface area contributed by atoms with E-state index in [0.717, 1.165) is 17.7 Å². The number of hydrazone groups is 1. The van der Waals surface area contributed by atoms with Gasteiger partial charge in [-0.3, -0.25) is 10.1 Å². The van der Waals surface area contributed by atoms with Gasteiger partial charge < -0.3 is 15.6 Å². The van der Waals surface area contributed by atoms with Crippen LogP contribution in [0, 0.1) is 10.1 Å². The molecule has 1 heterocycles. The first kappa shape index (κ1) is 21.5. The van der Waals surface area contributed by atoms with Crippen molar-refractivity contribution in [2.75, 3.05) is 10.4 Å². The van der Waals surface area contributed by atoms with Crippen molar-refractivity contribution >= 4 is 22.8 Å². The summed E-state index contributed by atoms with van der Waals surface area (Å²) in [6.07, 6.45) is -0.228. The number of benzene rings is 2. The summed E-state index contributed by atoms with van der Waals surface area (Å²) in [5, 5.41) is 38.5. The Morgan fingerprint density at radius 3 is 2.53 bits per heavy atom. The topological polar surface area (TPSA) is 123 Å². The highest BCUT2D eigenvalue weighted by molar-refractivity contribution is 5.91. The predicted molar refractivity (Wildman–Crippen MR) is 117 cm³/mol. The summed E-state index contributed by atoms with van der Waals surface area (Å²) >= 11 is 0. The number of nitrogens with one attached hydrogen (secondary N) is 2. The molecule has 0 saturated carbocycles. The summed E-state index contributed by atoms with van der Waals surface area (Å²) in [5.41, 5.74) is 7.35. The van der Waals surface area contributed by atoms with Gasteiger partial charge in [-0.05, 0) is 42.5 Å². The van der Waals surface area contributed by atoms with E-state index in [0.29, 0.717) is 5.71 Å². The molecule has 2 unspecified atom stereocenters. The first-order valence-electron chi connectivity index (χ1n) is 9.76. The van der Waals surface area contributed by atoms with Crippen molar-refractivity contribution < 1.29 is 15.1 Å². The molecule has 2 aromatic carbocycles. The molecular formula is C21H27N5O4. The number of nitro groups is 1. The Morgan fingerprint density at radius 2 is 1.93 bits per heavy atom. The minimum Gasteiger partial charge on any atom is -0.501 e. The SMILES string of the molecule is CCC(C)(C)c1cc(NNC2C(C)=NN(c3ccccc3)C2O)c(O)c([N+](=O)[O-])c1. The van der Waals surface area contributed by atoms with Crippen LogP contribution < -0.4 is 15.9 Å². The van der Waals surface area contributed by atoms with Gasteiger partial charge in [0.05, 0.1) is 22.0 Å². The lowest BCUT2D eigenvalue weighted by molar-refractivity contribution is -0.385. The zero-order valence-electron chi connectivity index (χ0n) is 17.5. The molecule has 0 aliphatic carbocycles. The van der Waals surface area contributed by atoms with E-state index in [2.05, 4.69) is 16.0 Å². The lowest BCUT2D eigenvalue weighted by atomic mass is 9.82. The molecule has 0 spiro atoms. The van der Waals surface area contributed by atoms with Crippen molar-refractivity contribution in [1.82, 2.24) is 5.43 Å². The van der Waals surface area contributed by atoms with Crippen LogP contribution in [-0.4, -0.2) is 33.1 Å². The highest BCUT2D eigenvalue weighted by Gasteiger charge is 2.35. The zero-order chi connectivity index (χ0) is 22.1. The number of nitro benzene ring substituents is 1. The molecule has 9 nitrogen and oxygen atoms in total. The van der Waals surface area contributed by atoms with E-state index >= 15 is 0 Å². The lowest BCUT2D eigenvalue weighted by Gasteiger charge is -2.26. The van der Waals surface area contributed by atoms with Gasteiger partial charge in [0.25, 0.3) is 0 Å². The van der Waals surface area contributed by atoms with E-state index in [9.17, 15) is 20.3 Å². The molecule has 0 radical (unpaired) electrons. The largest absolute Gasteiger partial charge is 0.501 e. The quantitative estimate of drug-likeness (QED) is 0.311. The number of aliphatic hydroxyl groups is 1. The molecule has 30 heavy (non-hydrogen) atoms. The Kier molecular flexibility index (Phi) is 5.95. The van der Waals surface area contributed by atoms with Crippen molar-refractivity contribution in [3.05, 3.63) is 58.1 Å². The van der Waals surface area contributed by atoms with Gasteiger partial charge in [-0.1, -0.05) is 39.0 Å². The minimum absolute atomic E-state index is 0.166. The van der Waals surface area contributed by atoms with E-state index in [1.807, 2.05) is 51.1 Å². The molecule has 3 rings (SSSR count). The number of nitrogens with zero attached hydrogens (tertiary/aromatic N) is 3. The number of hydrogen-bond donors (Lipinski definition) is 4. The Balaban J connectivity index is 1.85. The summed E-state index contributed by atoms with van der Waals surface area (Å²) in [5.74, 6) is -0.467. The van der Waals surface area contributed by atoms with Crippen LogP contribution in [0.15, 0.2) is 47.6 Å². The fourth-order valence-corrected chi connectivity index (χ4v) is 3.22. The Hall–Kier alpha value is -3.17. The standard InChI is InChI=1S/C21H27N5O4/c1-5-21(3,4)14-11-16(19(27)17(12-14)26(29)30)22-23-18-13(2)24-25(20(18)28)15-9-7-6-8-10-15/h6-12,18,20,22-23,27-28H,5H2,1-4H3. The monoisotopic (exact) mass is 413 g/mol. The molecule has 2 atom stereocenters. The Bertz CT molecular complexity index is 961. The molecule has 0 bridgehead atoms. The molecule has 160 valence electrons. The summed E-state index contributed by atoms with van der Waals surface area (Å²) in [7, 11) is 0. The lowest BCUT2D eigenvalue weighted by Crippen LogP contribution is -2.48. The summed E-state index contributed by atoms with van der Waals surface area (Å²) in [4.78, 5) is 10.8. The molecule has 1 aliphatic heterocycles. The van der Waals surface area contributed by atoms with Crippen LogP contribution in [0.4, 0.5) is 17.1 Å². The van der Waals surface area contributed by atoms with Crippen LogP contribution in [0.25, 0.3) is 0 Å². The fourth-order valence-electron chi connectivity index (χ4n) is 3.22. The first-order valence-corrected chi connectivity index (χ1v) is 9.76. The van der Waals surface area contributed by atoms with E-state index in [4.69, 9.17) is 0 Å². The average molecular weight is 413 g/mol. The van der Waals surface area contributed by atoms with E-state index in [1.54, 1.807) is 13.0 Å².